The van der Waals surface area contributed by atoms with E-state index in [1.54, 1.807) is 0 Å². The van der Waals surface area contributed by atoms with Gasteiger partial charge in [-0.2, -0.15) is 26.3 Å². The van der Waals surface area contributed by atoms with Crippen molar-refractivity contribution in [3.8, 4) is 0 Å². The van der Waals surface area contributed by atoms with Crippen LogP contribution in [-0.4, -0.2) is 16.6 Å². The summed E-state index contributed by atoms with van der Waals surface area (Å²) in [7, 11) is -7.54. The van der Waals surface area contributed by atoms with Gasteiger partial charge in [-0.25, -0.2) is 0 Å². The van der Waals surface area contributed by atoms with Crippen molar-refractivity contribution in [1.29, 1.82) is 0 Å². The Balaban J connectivity index is 1.75. The van der Waals surface area contributed by atoms with Crippen LogP contribution in [0.3, 0.4) is 0 Å². The number of rotatable bonds is 8. The zero-order chi connectivity index (χ0) is 33.1. The highest BCUT2D eigenvalue weighted by Gasteiger charge is 2.53. The first-order valence-electron chi connectivity index (χ1n) is 14.8. The van der Waals surface area contributed by atoms with Gasteiger partial charge in [0.15, 0.2) is 0 Å². The van der Waals surface area contributed by atoms with Crippen LogP contribution in [0.15, 0.2) is 170 Å². The fourth-order valence-electron chi connectivity index (χ4n) is 6.06. The quantitative estimate of drug-likeness (QED) is 0.104. The van der Waals surface area contributed by atoms with Crippen LogP contribution in [0.2, 0.25) is 0 Å². The molecule has 47 heavy (non-hydrogen) atoms. The SMILES string of the molecule is FC(F)(F)c1ccc([Si](O[Si](c2ccccc2)(c2ccccc2)c2ccccc2)(c2ccccc2)c2ccc(C(F)(F)F)cc2)cc1. The minimum Gasteiger partial charge on any atom is -0.435 e. The average molecular weight is 671 g/mol. The van der Waals surface area contributed by atoms with Crippen LogP contribution in [0.4, 0.5) is 26.3 Å². The van der Waals surface area contributed by atoms with E-state index in [0.29, 0.717) is 15.6 Å². The summed E-state index contributed by atoms with van der Waals surface area (Å²) in [5.41, 5.74) is -1.66. The highest BCUT2D eigenvalue weighted by atomic mass is 28.4. The molecule has 0 spiro atoms. The Morgan fingerprint density at radius 3 is 0.723 bits per heavy atom. The molecule has 0 amide bonds. The maximum atomic E-state index is 13.8. The second-order valence-electron chi connectivity index (χ2n) is 11.1. The molecular formula is C38H28F6OSi2. The largest absolute Gasteiger partial charge is 0.435 e. The Labute approximate surface area is 271 Å². The number of hydrogen-bond donors (Lipinski definition) is 0. The number of benzene rings is 6. The minimum absolute atomic E-state index is 0.469. The van der Waals surface area contributed by atoms with Gasteiger partial charge in [0.05, 0.1) is 11.1 Å². The lowest BCUT2D eigenvalue weighted by atomic mass is 10.2. The Kier molecular flexibility index (Phi) is 8.80. The normalized spacial score (nSPS) is 12.6. The highest BCUT2D eigenvalue weighted by molar-refractivity contribution is 7.18. The van der Waals surface area contributed by atoms with Crippen molar-refractivity contribution < 1.29 is 30.5 Å². The van der Waals surface area contributed by atoms with Crippen molar-refractivity contribution >= 4 is 47.8 Å². The molecule has 0 radical (unpaired) electrons. The lowest BCUT2D eigenvalue weighted by Crippen LogP contribution is -2.81. The molecule has 0 bridgehead atoms. The summed E-state index contributed by atoms with van der Waals surface area (Å²) >= 11 is 0. The zero-order valence-corrected chi connectivity index (χ0v) is 26.8. The number of alkyl halides is 6. The van der Waals surface area contributed by atoms with Crippen LogP contribution in [0, 0.1) is 0 Å². The lowest BCUT2D eigenvalue weighted by Gasteiger charge is -2.44. The van der Waals surface area contributed by atoms with E-state index in [-0.39, 0.29) is 0 Å². The van der Waals surface area contributed by atoms with Crippen molar-refractivity contribution in [3.05, 3.63) is 181 Å². The van der Waals surface area contributed by atoms with E-state index in [1.165, 1.54) is 24.3 Å². The third kappa shape index (κ3) is 6.21. The molecule has 0 aromatic heterocycles. The van der Waals surface area contributed by atoms with Crippen molar-refractivity contribution in [2.45, 2.75) is 12.4 Å². The van der Waals surface area contributed by atoms with E-state index in [2.05, 4.69) is 0 Å². The van der Waals surface area contributed by atoms with Crippen molar-refractivity contribution in [2.75, 3.05) is 0 Å². The number of halogens is 6. The Morgan fingerprint density at radius 2 is 0.511 bits per heavy atom. The molecule has 0 fully saturated rings. The molecule has 6 aromatic carbocycles. The van der Waals surface area contributed by atoms with E-state index in [1.807, 2.05) is 121 Å². The summed E-state index contributed by atoms with van der Waals surface area (Å²) in [4.78, 5) is 0. The predicted octanol–water partition coefficient (Wildman–Crippen LogP) is 6.37. The van der Waals surface area contributed by atoms with Gasteiger partial charge in [0, 0.05) is 0 Å². The van der Waals surface area contributed by atoms with Gasteiger partial charge in [-0.1, -0.05) is 170 Å². The average Bonchev–Trinajstić information content (AvgIpc) is 3.10. The molecule has 0 aliphatic carbocycles. The summed E-state index contributed by atoms with van der Waals surface area (Å²) in [6, 6.07) is 47.9. The lowest BCUT2D eigenvalue weighted by molar-refractivity contribution is -0.138. The van der Waals surface area contributed by atoms with Gasteiger partial charge in [-0.05, 0) is 31.1 Å². The molecule has 0 saturated heterocycles. The Hall–Kier alpha value is -4.71. The summed E-state index contributed by atoms with van der Waals surface area (Å²) in [5.74, 6) is 0. The Morgan fingerprint density at radius 1 is 0.298 bits per heavy atom. The molecule has 236 valence electrons. The van der Waals surface area contributed by atoms with Crippen molar-refractivity contribution in [3.63, 3.8) is 0 Å². The van der Waals surface area contributed by atoms with Crippen LogP contribution >= 0.6 is 0 Å². The topological polar surface area (TPSA) is 9.23 Å². The van der Waals surface area contributed by atoms with Gasteiger partial charge in [0.2, 0.25) is 0 Å². The second-order valence-corrected chi connectivity index (χ2v) is 18.1. The van der Waals surface area contributed by atoms with Gasteiger partial charge >= 0.3 is 12.4 Å². The third-order valence-corrected chi connectivity index (χ3v) is 17.6. The zero-order valence-electron chi connectivity index (χ0n) is 24.8. The standard InChI is InChI=1S/C38H28F6OSi2/c39-37(40,41)29-21-25-35(26-22-29)47(34-19-11-4-12-20-34,36-27-23-30(24-28-36)38(42,43)44)45-46(31-13-5-1-6-14-31,32-15-7-2-8-16-32)33-17-9-3-10-18-33/h1-28H. The maximum absolute atomic E-state index is 13.8. The summed E-state index contributed by atoms with van der Waals surface area (Å²) in [6.07, 6.45) is -9.16. The Bertz CT molecular complexity index is 1740. The van der Waals surface area contributed by atoms with Crippen molar-refractivity contribution in [1.82, 2.24) is 0 Å². The van der Waals surface area contributed by atoms with Gasteiger partial charge in [0.1, 0.15) is 0 Å². The first-order valence-corrected chi connectivity index (χ1v) is 18.6. The summed E-state index contributed by atoms with van der Waals surface area (Å²) in [6.45, 7) is 0. The maximum Gasteiger partial charge on any atom is 0.416 e. The second kappa shape index (κ2) is 12.8. The molecule has 1 nitrogen and oxygen atoms in total. The molecular weight excluding hydrogens is 643 g/mol. The van der Waals surface area contributed by atoms with Crippen LogP contribution in [0.25, 0.3) is 0 Å². The molecule has 0 unspecified atom stereocenters. The van der Waals surface area contributed by atoms with Crippen LogP contribution in [0.5, 0.6) is 0 Å². The smallest absolute Gasteiger partial charge is 0.416 e. The molecule has 6 rings (SSSR count). The minimum atomic E-state index is -4.58. The monoisotopic (exact) mass is 670 g/mol. The molecule has 0 aliphatic rings. The molecule has 0 atom stereocenters. The summed E-state index contributed by atoms with van der Waals surface area (Å²) < 4.78 is 90.9. The van der Waals surface area contributed by atoms with Gasteiger partial charge in [-0.15, -0.1) is 0 Å². The van der Waals surface area contributed by atoms with Gasteiger partial charge < -0.3 is 4.12 Å². The fraction of sp³-hybridized carbons (Fsp3) is 0.0526. The van der Waals surface area contributed by atoms with E-state index >= 15 is 0 Å². The predicted molar refractivity (Wildman–Crippen MR) is 179 cm³/mol. The van der Waals surface area contributed by atoms with Crippen molar-refractivity contribution in [2.24, 2.45) is 0 Å². The van der Waals surface area contributed by atoms with Crippen LogP contribution in [0.1, 0.15) is 11.1 Å². The van der Waals surface area contributed by atoms with E-state index in [4.69, 9.17) is 4.12 Å². The fourth-order valence-corrected chi connectivity index (χ4v) is 16.6. The molecule has 0 aliphatic heterocycles. The first kappa shape index (κ1) is 32.2. The molecule has 0 saturated carbocycles. The van der Waals surface area contributed by atoms with E-state index in [9.17, 15) is 26.3 Å². The van der Waals surface area contributed by atoms with Crippen LogP contribution < -0.4 is 31.1 Å². The first-order chi connectivity index (χ1) is 22.5. The van der Waals surface area contributed by atoms with Gasteiger partial charge in [0.25, 0.3) is 16.6 Å². The molecule has 0 N–H and O–H groups in total. The van der Waals surface area contributed by atoms with E-state index in [0.717, 1.165) is 39.8 Å². The number of hydrogen-bond acceptors (Lipinski definition) is 1. The highest BCUT2D eigenvalue weighted by Crippen LogP contribution is 2.30. The summed E-state index contributed by atoms with van der Waals surface area (Å²) in [5, 5.41) is 4.25. The van der Waals surface area contributed by atoms with Crippen LogP contribution in [-0.2, 0) is 16.5 Å². The molecule has 6 aromatic rings. The molecule has 9 heteroatoms. The third-order valence-electron chi connectivity index (χ3n) is 8.26. The van der Waals surface area contributed by atoms with Gasteiger partial charge in [-0.3, -0.25) is 0 Å². The molecule has 0 heterocycles. The van der Waals surface area contributed by atoms with E-state index < -0.39 is 40.1 Å².